The number of hydrogen-bond donors (Lipinski definition) is 9. The number of carbonyl (C=O) groups is 1. The number of ether oxygens (including phenoxy) is 4. The number of nitrogens with one attached hydrogen (secondary N) is 1. The van der Waals surface area contributed by atoms with Crippen LogP contribution in [0.3, 0.4) is 0 Å². The topological polar surface area (TPSA) is 228 Å². The Morgan fingerprint density at radius 1 is 0.449 bits per heavy atom. The third-order valence-electron chi connectivity index (χ3n) is 15.5. The van der Waals surface area contributed by atoms with E-state index in [9.17, 15) is 45.6 Å². The number of amides is 1. The minimum atomic E-state index is -1.79. The van der Waals surface area contributed by atoms with E-state index in [1.54, 1.807) is 6.08 Å². The van der Waals surface area contributed by atoms with Gasteiger partial charge in [0.1, 0.15) is 48.8 Å². The Balaban J connectivity index is 1.65. The molecule has 0 aromatic rings. The number of aliphatic hydroxyl groups is 8. The second-order valence-corrected chi connectivity index (χ2v) is 22.5. The summed E-state index contributed by atoms with van der Waals surface area (Å²) in [5.74, 6) is -0.252. The van der Waals surface area contributed by atoms with Gasteiger partial charge in [-0.3, -0.25) is 4.79 Å². The van der Waals surface area contributed by atoms with E-state index in [0.717, 1.165) is 44.9 Å². The molecule has 2 aliphatic heterocycles. The molecule has 2 saturated heterocycles. The first-order chi connectivity index (χ1) is 38.1. The number of unbranched alkanes of at least 4 members (excludes halogenated alkanes) is 32. The summed E-state index contributed by atoms with van der Waals surface area (Å²) in [6.45, 7) is 2.75. The van der Waals surface area contributed by atoms with Crippen LogP contribution in [-0.2, 0) is 23.7 Å². The highest BCUT2D eigenvalue weighted by Crippen LogP contribution is 2.30. The van der Waals surface area contributed by atoms with Gasteiger partial charge >= 0.3 is 0 Å². The smallest absolute Gasteiger partial charge is 0.220 e. The zero-order valence-corrected chi connectivity index (χ0v) is 49.2. The molecule has 9 N–H and O–H groups in total. The molecule has 0 aromatic heterocycles. The molecular formula is C64H117NO13. The van der Waals surface area contributed by atoms with Crippen molar-refractivity contribution in [2.75, 3.05) is 19.8 Å². The van der Waals surface area contributed by atoms with E-state index in [-0.39, 0.29) is 18.9 Å². The maximum Gasteiger partial charge on any atom is 0.220 e. The van der Waals surface area contributed by atoms with Crippen LogP contribution < -0.4 is 5.32 Å². The number of allylic oxidation sites excluding steroid dienone is 7. The highest BCUT2D eigenvalue weighted by atomic mass is 16.7. The van der Waals surface area contributed by atoms with Crippen LogP contribution >= 0.6 is 0 Å². The van der Waals surface area contributed by atoms with Crippen molar-refractivity contribution < 1.29 is 64.6 Å². The van der Waals surface area contributed by atoms with E-state index >= 15 is 0 Å². The van der Waals surface area contributed by atoms with E-state index in [1.807, 2.05) is 6.08 Å². The lowest BCUT2D eigenvalue weighted by molar-refractivity contribution is -0.359. The average molecular weight is 1110 g/mol. The van der Waals surface area contributed by atoms with Crippen molar-refractivity contribution in [3.63, 3.8) is 0 Å². The van der Waals surface area contributed by atoms with Gasteiger partial charge in [0.25, 0.3) is 0 Å². The summed E-state index contributed by atoms with van der Waals surface area (Å²) in [5, 5.41) is 87.0. The summed E-state index contributed by atoms with van der Waals surface area (Å²) in [4.78, 5) is 13.3. The van der Waals surface area contributed by atoms with Gasteiger partial charge in [-0.1, -0.05) is 229 Å². The number of hydrogen-bond acceptors (Lipinski definition) is 13. The molecule has 2 aliphatic rings. The minimum absolute atomic E-state index is 0.252. The molecule has 12 unspecified atom stereocenters. The van der Waals surface area contributed by atoms with Gasteiger partial charge in [0.05, 0.1) is 32.0 Å². The van der Waals surface area contributed by atoms with Crippen LogP contribution in [0.2, 0.25) is 0 Å². The fourth-order valence-electron chi connectivity index (χ4n) is 10.3. The molecule has 14 heteroatoms. The molecule has 2 fully saturated rings. The Morgan fingerprint density at radius 3 is 1.28 bits per heavy atom. The molecule has 0 saturated carbocycles. The Labute approximate surface area is 473 Å². The van der Waals surface area contributed by atoms with Gasteiger partial charge in [-0.05, 0) is 70.6 Å². The molecule has 12 atom stereocenters. The molecular weight excluding hydrogens is 991 g/mol. The lowest BCUT2D eigenvalue weighted by atomic mass is 9.97. The van der Waals surface area contributed by atoms with Crippen LogP contribution in [-0.4, -0.2) is 140 Å². The molecule has 0 aromatic carbocycles. The average Bonchev–Trinajstić information content (AvgIpc) is 3.46. The number of carbonyl (C=O) groups excluding carboxylic acids is 1. The molecule has 2 heterocycles. The van der Waals surface area contributed by atoms with Crippen molar-refractivity contribution in [2.45, 2.75) is 331 Å². The van der Waals surface area contributed by atoms with Crippen molar-refractivity contribution in [3.8, 4) is 0 Å². The van der Waals surface area contributed by atoms with Crippen LogP contribution in [0, 0.1) is 0 Å². The number of aliphatic hydroxyl groups excluding tert-OH is 8. The lowest BCUT2D eigenvalue weighted by Crippen LogP contribution is -2.65. The third-order valence-corrected chi connectivity index (χ3v) is 15.5. The monoisotopic (exact) mass is 1110 g/mol. The Bertz CT molecular complexity index is 1490. The highest BCUT2D eigenvalue weighted by Gasteiger charge is 2.51. The second kappa shape index (κ2) is 49.5. The molecule has 456 valence electrons. The lowest BCUT2D eigenvalue weighted by Gasteiger charge is -2.46. The first-order valence-electron chi connectivity index (χ1n) is 31.9. The van der Waals surface area contributed by atoms with Crippen LogP contribution in [0.5, 0.6) is 0 Å². The summed E-state index contributed by atoms with van der Waals surface area (Å²) >= 11 is 0. The zero-order chi connectivity index (χ0) is 56.7. The van der Waals surface area contributed by atoms with Gasteiger partial charge in [0, 0.05) is 6.42 Å². The van der Waals surface area contributed by atoms with Gasteiger partial charge in [-0.15, -0.1) is 0 Å². The summed E-state index contributed by atoms with van der Waals surface area (Å²) in [7, 11) is 0. The summed E-state index contributed by atoms with van der Waals surface area (Å²) in [5.41, 5.74) is 0. The predicted molar refractivity (Wildman–Crippen MR) is 314 cm³/mol. The van der Waals surface area contributed by atoms with Crippen molar-refractivity contribution in [1.82, 2.24) is 5.32 Å². The van der Waals surface area contributed by atoms with E-state index in [2.05, 4.69) is 55.6 Å². The van der Waals surface area contributed by atoms with Gasteiger partial charge in [0.15, 0.2) is 12.6 Å². The maximum atomic E-state index is 13.3. The van der Waals surface area contributed by atoms with Crippen LogP contribution in [0.15, 0.2) is 48.6 Å². The Morgan fingerprint density at radius 2 is 0.821 bits per heavy atom. The van der Waals surface area contributed by atoms with Crippen molar-refractivity contribution in [2.24, 2.45) is 0 Å². The highest BCUT2D eigenvalue weighted by molar-refractivity contribution is 5.76. The molecule has 0 bridgehead atoms. The third kappa shape index (κ3) is 34.4. The first-order valence-corrected chi connectivity index (χ1v) is 31.9. The molecule has 2 rings (SSSR count). The van der Waals surface area contributed by atoms with Crippen molar-refractivity contribution >= 4 is 5.91 Å². The normalized spacial score (nSPS) is 24.8. The van der Waals surface area contributed by atoms with E-state index < -0.39 is 86.8 Å². The minimum Gasteiger partial charge on any atom is -0.394 e. The molecule has 0 spiro atoms. The van der Waals surface area contributed by atoms with Gasteiger partial charge in [-0.25, -0.2) is 0 Å². The van der Waals surface area contributed by atoms with Crippen LogP contribution in [0.4, 0.5) is 0 Å². The van der Waals surface area contributed by atoms with Gasteiger partial charge < -0.3 is 65.1 Å². The standard InChI is InChI=1S/C64H117NO13/c1-3-5-7-9-11-13-15-17-18-19-20-21-22-23-24-25-26-27-28-29-30-31-32-33-34-36-38-40-42-44-46-48-56(69)65-52(53(68)47-45-43-41-39-37-35-16-14-12-10-8-6-4-2)51-75-63-61(74)59(72)62(55(50-67)77-63)78-64-60(73)58(71)57(70)54(49-66)76-64/h12,14,19-20,37,39,45,47,52-55,57-64,66-68,70-74H,3-11,13,15-18,21-36,38,40-44,46,48-51H2,1-2H3,(H,65,69)/b14-12+,20-19-,39-37+,47-45+. The molecule has 0 radical (unpaired) electrons. The maximum absolute atomic E-state index is 13.3. The van der Waals surface area contributed by atoms with Gasteiger partial charge in [0.2, 0.25) is 5.91 Å². The van der Waals surface area contributed by atoms with Crippen LogP contribution in [0.25, 0.3) is 0 Å². The van der Waals surface area contributed by atoms with Crippen molar-refractivity contribution in [1.29, 1.82) is 0 Å². The van der Waals surface area contributed by atoms with Crippen molar-refractivity contribution in [3.05, 3.63) is 48.6 Å². The zero-order valence-electron chi connectivity index (χ0n) is 49.2. The summed E-state index contributed by atoms with van der Waals surface area (Å²) in [6.07, 6.45) is 46.1. The number of rotatable bonds is 51. The van der Waals surface area contributed by atoms with E-state index in [0.29, 0.717) is 12.8 Å². The second-order valence-electron chi connectivity index (χ2n) is 22.5. The first kappa shape index (κ1) is 72.1. The fourth-order valence-corrected chi connectivity index (χ4v) is 10.3. The quantitative estimate of drug-likeness (QED) is 0.0204. The molecule has 0 aliphatic carbocycles. The molecule has 78 heavy (non-hydrogen) atoms. The van der Waals surface area contributed by atoms with E-state index in [4.69, 9.17) is 18.9 Å². The van der Waals surface area contributed by atoms with Crippen LogP contribution in [0.1, 0.15) is 258 Å². The molecule has 14 nitrogen and oxygen atoms in total. The SMILES string of the molecule is CCCCC/C=C/CC/C=C/CC/C=C/C(O)C(COC1OC(CO)C(OC2OC(CO)C(O)C(O)C2O)C(O)C1O)NC(=O)CCCCCCCCCCCCCCCCCCCCC/C=C\CCCCCCCCCC. The Hall–Kier alpha value is -2.05. The predicted octanol–water partition coefficient (Wildman–Crippen LogP) is 11.6. The fraction of sp³-hybridized carbons (Fsp3) is 0.859. The Kier molecular flexibility index (Phi) is 45.8. The van der Waals surface area contributed by atoms with Gasteiger partial charge in [-0.2, -0.15) is 0 Å². The summed E-state index contributed by atoms with van der Waals surface area (Å²) in [6, 6.07) is -0.936. The summed E-state index contributed by atoms with van der Waals surface area (Å²) < 4.78 is 22.7. The molecule has 1 amide bonds. The van der Waals surface area contributed by atoms with E-state index in [1.165, 1.54) is 180 Å². The largest absolute Gasteiger partial charge is 0.394 e.